The molecule has 1 saturated heterocycles. The number of fused-ring (bicyclic) bond motifs is 1. The number of nitrogens with zero attached hydrogens (tertiary/aromatic N) is 4. The van der Waals surface area contributed by atoms with Crippen molar-refractivity contribution in [1.82, 2.24) is 9.97 Å². The molecular weight excluding hydrogens is 503 g/mol. The molecule has 2 aromatic heterocycles. The summed E-state index contributed by atoms with van der Waals surface area (Å²) in [5, 5.41) is 3.38. The number of thiophene rings is 1. The fourth-order valence-electron chi connectivity index (χ4n) is 4.52. The molecule has 0 saturated carbocycles. The number of amides is 1. The number of carbonyl (C=O) groups is 1. The van der Waals surface area contributed by atoms with E-state index < -0.39 is 17.6 Å². The lowest BCUT2D eigenvalue weighted by Crippen LogP contribution is -2.47. The minimum atomic E-state index is -4.49. The summed E-state index contributed by atoms with van der Waals surface area (Å²) in [5.41, 5.74) is 0.999. The minimum absolute atomic E-state index is 0.0791. The third kappa shape index (κ3) is 4.91. The summed E-state index contributed by atoms with van der Waals surface area (Å²) in [6.07, 6.45) is -3.01. The maximum Gasteiger partial charge on any atom is 0.416 e. The monoisotopic (exact) mass is 527 g/mol. The number of nitrogens with one attached hydrogen (secondary N) is 1. The number of benzene rings is 2. The molecule has 0 radical (unpaired) electrons. The van der Waals surface area contributed by atoms with Crippen LogP contribution in [0.4, 0.5) is 30.4 Å². The number of hydrogen-bond acceptors (Lipinski definition) is 7. The van der Waals surface area contributed by atoms with Gasteiger partial charge in [-0.2, -0.15) is 13.2 Å². The average molecular weight is 528 g/mol. The van der Waals surface area contributed by atoms with Gasteiger partial charge >= 0.3 is 6.18 Å². The Labute approximate surface area is 215 Å². The highest BCUT2D eigenvalue weighted by atomic mass is 32.1. The topological polar surface area (TPSA) is 70.6 Å². The number of para-hydroxylation sites is 2. The molecule has 3 heterocycles. The largest absolute Gasteiger partial charge is 0.495 e. The van der Waals surface area contributed by atoms with Gasteiger partial charge in [-0.05, 0) is 42.8 Å². The predicted octanol–water partition coefficient (Wildman–Crippen LogP) is 5.61. The number of carbonyl (C=O) groups excluding carboxylic acids is 1. The first-order valence-electron chi connectivity index (χ1n) is 11.6. The van der Waals surface area contributed by atoms with Crippen LogP contribution < -0.4 is 19.9 Å². The first-order chi connectivity index (χ1) is 17.8. The lowest BCUT2D eigenvalue weighted by molar-refractivity contribution is -0.137. The molecule has 0 aliphatic carbocycles. The van der Waals surface area contributed by atoms with E-state index in [1.54, 1.807) is 7.11 Å². The zero-order valence-corrected chi connectivity index (χ0v) is 21.0. The maximum absolute atomic E-state index is 13.1. The van der Waals surface area contributed by atoms with E-state index in [2.05, 4.69) is 25.1 Å². The Kier molecular flexibility index (Phi) is 6.63. The van der Waals surface area contributed by atoms with E-state index in [4.69, 9.17) is 4.74 Å². The molecule has 11 heteroatoms. The summed E-state index contributed by atoms with van der Waals surface area (Å²) < 4.78 is 44.7. The summed E-state index contributed by atoms with van der Waals surface area (Å²) in [4.78, 5) is 27.4. The number of piperazine rings is 1. The molecule has 0 spiro atoms. The van der Waals surface area contributed by atoms with Gasteiger partial charge < -0.3 is 19.9 Å². The number of ether oxygens (including phenoxy) is 1. The molecular formula is C26H24F3N5O2S. The highest BCUT2D eigenvalue weighted by molar-refractivity contribution is 7.20. The van der Waals surface area contributed by atoms with Gasteiger partial charge in [0.2, 0.25) is 0 Å². The van der Waals surface area contributed by atoms with Crippen LogP contribution in [0.2, 0.25) is 0 Å². The van der Waals surface area contributed by atoms with Gasteiger partial charge in [0, 0.05) is 31.9 Å². The predicted molar refractivity (Wildman–Crippen MR) is 139 cm³/mol. The van der Waals surface area contributed by atoms with Gasteiger partial charge in [-0.3, -0.25) is 4.79 Å². The van der Waals surface area contributed by atoms with Crippen LogP contribution in [0.15, 0.2) is 54.9 Å². The molecule has 2 aromatic carbocycles. The standard InChI is InChI=1S/C26H24F3N5O2S/c1-16-21-23(34-12-10-33(11-13-34)19-8-3-4-9-20(19)36-2)30-15-31-25(21)37-22(16)24(35)32-18-7-5-6-17(14-18)26(27,28)29/h3-9,14-15H,10-13H2,1-2H3,(H,32,35). The molecule has 4 aromatic rings. The molecule has 0 bridgehead atoms. The fraction of sp³-hybridized carbons (Fsp3) is 0.269. The number of aryl methyl sites for hydroxylation is 1. The summed E-state index contributed by atoms with van der Waals surface area (Å²) in [5.74, 6) is 1.09. The van der Waals surface area contributed by atoms with E-state index >= 15 is 0 Å². The van der Waals surface area contributed by atoms with E-state index in [1.807, 2.05) is 31.2 Å². The normalized spacial score (nSPS) is 14.2. The molecule has 192 valence electrons. The minimum Gasteiger partial charge on any atom is -0.495 e. The number of hydrogen-bond donors (Lipinski definition) is 1. The number of methoxy groups -OCH3 is 1. The van der Waals surface area contributed by atoms with Crippen LogP contribution in [0.1, 0.15) is 20.8 Å². The van der Waals surface area contributed by atoms with E-state index in [1.165, 1.54) is 29.8 Å². The summed E-state index contributed by atoms with van der Waals surface area (Å²) in [6, 6.07) is 12.5. The lowest BCUT2D eigenvalue weighted by Gasteiger charge is -2.37. The Bertz CT molecular complexity index is 1450. The summed E-state index contributed by atoms with van der Waals surface area (Å²) in [6.45, 7) is 4.77. The zero-order valence-electron chi connectivity index (χ0n) is 20.2. The van der Waals surface area contributed by atoms with Gasteiger partial charge in [0.25, 0.3) is 5.91 Å². The molecule has 0 atom stereocenters. The third-order valence-electron chi connectivity index (χ3n) is 6.37. The van der Waals surface area contributed by atoms with Crippen LogP contribution >= 0.6 is 11.3 Å². The van der Waals surface area contributed by atoms with Crippen molar-refractivity contribution in [1.29, 1.82) is 0 Å². The average Bonchev–Trinajstić information content (AvgIpc) is 3.25. The van der Waals surface area contributed by atoms with Gasteiger partial charge in [0.05, 0.1) is 28.6 Å². The number of aromatic nitrogens is 2. The first kappa shape index (κ1) is 24.8. The van der Waals surface area contributed by atoms with Crippen molar-refractivity contribution in [3.63, 3.8) is 0 Å². The van der Waals surface area contributed by atoms with Crippen LogP contribution in [-0.4, -0.2) is 49.2 Å². The molecule has 1 aliphatic heterocycles. The molecule has 7 nitrogen and oxygen atoms in total. The second-order valence-electron chi connectivity index (χ2n) is 8.61. The zero-order chi connectivity index (χ0) is 26.2. The SMILES string of the molecule is COc1ccccc1N1CCN(c2ncnc3sc(C(=O)Nc4cccc(C(F)(F)F)c4)c(C)c23)CC1. The fourth-order valence-corrected chi connectivity index (χ4v) is 5.56. The van der Waals surface area contributed by atoms with Crippen LogP contribution in [0.3, 0.4) is 0 Å². The van der Waals surface area contributed by atoms with Gasteiger partial charge in [-0.1, -0.05) is 18.2 Å². The van der Waals surface area contributed by atoms with E-state index in [0.29, 0.717) is 28.4 Å². The Morgan fingerprint density at radius 3 is 2.49 bits per heavy atom. The van der Waals surface area contributed by atoms with Crippen molar-refractivity contribution in [2.45, 2.75) is 13.1 Å². The van der Waals surface area contributed by atoms with Crippen molar-refractivity contribution in [2.75, 3.05) is 48.4 Å². The van der Waals surface area contributed by atoms with E-state index in [0.717, 1.165) is 47.9 Å². The smallest absolute Gasteiger partial charge is 0.416 e. The van der Waals surface area contributed by atoms with Crippen molar-refractivity contribution in [2.24, 2.45) is 0 Å². The van der Waals surface area contributed by atoms with Crippen LogP contribution in [0.25, 0.3) is 10.2 Å². The van der Waals surface area contributed by atoms with Crippen LogP contribution in [0.5, 0.6) is 5.75 Å². The molecule has 0 unspecified atom stereocenters. The molecule has 5 rings (SSSR count). The number of halogens is 3. The Hall–Kier alpha value is -3.86. The Morgan fingerprint density at radius 1 is 1.03 bits per heavy atom. The first-order valence-corrected chi connectivity index (χ1v) is 12.4. The molecule has 1 amide bonds. The third-order valence-corrected chi connectivity index (χ3v) is 7.56. The second-order valence-corrected chi connectivity index (χ2v) is 9.61. The maximum atomic E-state index is 13.1. The Balaban J connectivity index is 1.37. The van der Waals surface area contributed by atoms with Gasteiger partial charge in [-0.15, -0.1) is 11.3 Å². The highest BCUT2D eigenvalue weighted by Crippen LogP contribution is 2.37. The number of anilines is 3. The summed E-state index contributed by atoms with van der Waals surface area (Å²) in [7, 11) is 1.66. The highest BCUT2D eigenvalue weighted by Gasteiger charge is 2.31. The van der Waals surface area contributed by atoms with Crippen molar-refractivity contribution in [3.8, 4) is 5.75 Å². The Morgan fingerprint density at radius 2 is 1.76 bits per heavy atom. The van der Waals surface area contributed by atoms with Crippen LogP contribution in [0, 0.1) is 6.92 Å². The van der Waals surface area contributed by atoms with Crippen molar-refractivity contribution in [3.05, 3.63) is 70.9 Å². The van der Waals surface area contributed by atoms with Crippen molar-refractivity contribution >= 4 is 44.7 Å². The lowest BCUT2D eigenvalue weighted by atomic mass is 10.1. The van der Waals surface area contributed by atoms with E-state index in [9.17, 15) is 18.0 Å². The molecule has 1 N–H and O–H groups in total. The van der Waals surface area contributed by atoms with Crippen molar-refractivity contribution < 1.29 is 22.7 Å². The molecule has 37 heavy (non-hydrogen) atoms. The second kappa shape index (κ2) is 9.89. The number of alkyl halides is 3. The van der Waals surface area contributed by atoms with Gasteiger partial charge in [0.15, 0.2) is 0 Å². The van der Waals surface area contributed by atoms with E-state index in [-0.39, 0.29) is 5.69 Å². The van der Waals surface area contributed by atoms with Crippen LogP contribution in [-0.2, 0) is 6.18 Å². The quantitative estimate of drug-likeness (QED) is 0.364. The molecule has 1 aliphatic rings. The summed E-state index contributed by atoms with van der Waals surface area (Å²) >= 11 is 1.20. The molecule has 1 fully saturated rings. The van der Waals surface area contributed by atoms with Gasteiger partial charge in [0.1, 0.15) is 22.7 Å². The van der Waals surface area contributed by atoms with Gasteiger partial charge in [-0.25, -0.2) is 9.97 Å². The number of rotatable bonds is 5.